The van der Waals surface area contributed by atoms with Gasteiger partial charge in [0.25, 0.3) is 0 Å². The van der Waals surface area contributed by atoms with Crippen LogP contribution in [-0.4, -0.2) is 34.3 Å². The summed E-state index contributed by atoms with van der Waals surface area (Å²) in [7, 11) is 0. The molecule has 25 heavy (non-hydrogen) atoms. The predicted octanol–water partition coefficient (Wildman–Crippen LogP) is 3.80. The molecule has 2 aromatic carbocycles. The zero-order valence-corrected chi connectivity index (χ0v) is 15.5. The summed E-state index contributed by atoms with van der Waals surface area (Å²) in [6.45, 7) is 4.61. The molecular formula is C20H24N2O2S. The number of rotatable bonds is 8. The molecule has 0 bridgehead atoms. The number of hydrogen-bond donors (Lipinski definition) is 1. The van der Waals surface area contributed by atoms with Crippen molar-refractivity contribution >= 4 is 29.3 Å². The molecule has 0 spiro atoms. The quantitative estimate of drug-likeness (QED) is 0.783. The number of hydrogen-bond acceptors (Lipinski definition) is 3. The van der Waals surface area contributed by atoms with E-state index in [1.165, 1.54) is 11.8 Å². The number of thioether (sulfide) groups is 1. The largest absolute Gasteiger partial charge is 0.335 e. The molecule has 0 aliphatic rings. The van der Waals surface area contributed by atoms with Gasteiger partial charge in [0.1, 0.15) is 0 Å². The van der Waals surface area contributed by atoms with Gasteiger partial charge in [-0.3, -0.25) is 9.59 Å². The highest BCUT2D eigenvalue weighted by atomic mass is 32.2. The molecule has 1 N–H and O–H groups in total. The van der Waals surface area contributed by atoms with E-state index in [-0.39, 0.29) is 23.6 Å². The van der Waals surface area contributed by atoms with Crippen molar-refractivity contribution < 1.29 is 9.59 Å². The lowest BCUT2D eigenvalue weighted by Gasteiger charge is -2.27. The number of nitrogens with zero attached hydrogens (tertiary/aromatic N) is 1. The maximum Gasteiger partial charge on any atom is 0.234 e. The Morgan fingerprint density at radius 3 is 2.16 bits per heavy atom. The molecule has 2 amide bonds. The summed E-state index contributed by atoms with van der Waals surface area (Å²) in [6.07, 6.45) is 0. The molecule has 0 aliphatic heterocycles. The van der Waals surface area contributed by atoms with Gasteiger partial charge in [-0.1, -0.05) is 48.5 Å². The molecule has 0 saturated heterocycles. The first-order valence-electron chi connectivity index (χ1n) is 8.32. The summed E-state index contributed by atoms with van der Waals surface area (Å²) in [4.78, 5) is 26.3. The van der Waals surface area contributed by atoms with E-state index < -0.39 is 0 Å². The van der Waals surface area contributed by atoms with Gasteiger partial charge in [-0.2, -0.15) is 0 Å². The number of nitrogens with one attached hydrogen (secondary N) is 1. The first kappa shape index (κ1) is 19.1. The highest BCUT2D eigenvalue weighted by Gasteiger charge is 2.17. The fraction of sp³-hybridized carbons (Fsp3) is 0.300. The summed E-state index contributed by atoms with van der Waals surface area (Å²) < 4.78 is 0. The number of benzene rings is 2. The average Bonchev–Trinajstić information content (AvgIpc) is 2.61. The number of anilines is 1. The van der Waals surface area contributed by atoms with Crippen LogP contribution < -0.4 is 5.32 Å². The van der Waals surface area contributed by atoms with Crippen molar-refractivity contribution in [3.63, 3.8) is 0 Å². The minimum Gasteiger partial charge on any atom is -0.335 e. The van der Waals surface area contributed by atoms with Crippen molar-refractivity contribution in [1.29, 1.82) is 0 Å². The molecule has 2 rings (SSSR count). The first-order valence-corrected chi connectivity index (χ1v) is 9.48. The van der Waals surface area contributed by atoms with Crippen LogP contribution >= 0.6 is 11.8 Å². The van der Waals surface area contributed by atoms with Gasteiger partial charge >= 0.3 is 0 Å². The lowest BCUT2D eigenvalue weighted by molar-refractivity contribution is -0.130. The van der Waals surface area contributed by atoms with Gasteiger partial charge in [0.15, 0.2) is 0 Å². The van der Waals surface area contributed by atoms with Crippen molar-refractivity contribution in [1.82, 2.24) is 4.90 Å². The smallest absolute Gasteiger partial charge is 0.234 e. The van der Waals surface area contributed by atoms with Crippen molar-refractivity contribution in [3.8, 4) is 0 Å². The molecular weight excluding hydrogens is 332 g/mol. The first-order chi connectivity index (χ1) is 12.1. The number of carbonyl (C=O) groups is 2. The second-order valence-corrected chi connectivity index (χ2v) is 6.99. The summed E-state index contributed by atoms with van der Waals surface area (Å²) in [5.41, 5.74) is 1.88. The van der Waals surface area contributed by atoms with Crippen LogP contribution in [0.3, 0.4) is 0 Å². The molecule has 5 heteroatoms. The van der Waals surface area contributed by atoms with E-state index >= 15 is 0 Å². The van der Waals surface area contributed by atoms with E-state index in [9.17, 15) is 9.59 Å². The van der Waals surface area contributed by atoms with Crippen LogP contribution in [0.2, 0.25) is 0 Å². The van der Waals surface area contributed by atoms with Gasteiger partial charge in [0, 0.05) is 18.3 Å². The standard InChI is InChI=1S/C20H24N2O2S/c1-16(2)22(13-17-9-5-3-6-10-17)20(24)15-25-14-19(23)21-18-11-7-4-8-12-18/h3-12,16H,13-15H2,1-2H3,(H,21,23). The van der Waals surface area contributed by atoms with Crippen LogP contribution in [0.15, 0.2) is 60.7 Å². The van der Waals surface area contributed by atoms with E-state index in [0.717, 1.165) is 11.3 Å². The third-order valence-corrected chi connectivity index (χ3v) is 4.57. The normalized spacial score (nSPS) is 10.5. The SMILES string of the molecule is CC(C)N(Cc1ccccc1)C(=O)CSCC(=O)Nc1ccccc1. The Morgan fingerprint density at radius 1 is 0.960 bits per heavy atom. The molecule has 0 heterocycles. The highest BCUT2D eigenvalue weighted by molar-refractivity contribution is 8.00. The van der Waals surface area contributed by atoms with E-state index in [2.05, 4.69) is 5.32 Å². The van der Waals surface area contributed by atoms with Crippen LogP contribution in [0.5, 0.6) is 0 Å². The Morgan fingerprint density at radius 2 is 1.56 bits per heavy atom. The lowest BCUT2D eigenvalue weighted by atomic mass is 10.2. The number of carbonyl (C=O) groups excluding carboxylic acids is 2. The average molecular weight is 356 g/mol. The second-order valence-electron chi connectivity index (χ2n) is 6.01. The van der Waals surface area contributed by atoms with Gasteiger partial charge < -0.3 is 10.2 Å². The Balaban J connectivity index is 1.79. The van der Waals surface area contributed by atoms with Crippen LogP contribution in [-0.2, 0) is 16.1 Å². The molecule has 132 valence electrons. The monoisotopic (exact) mass is 356 g/mol. The van der Waals surface area contributed by atoms with E-state index in [0.29, 0.717) is 12.3 Å². The molecule has 0 aromatic heterocycles. The molecule has 0 unspecified atom stereocenters. The predicted molar refractivity (Wildman–Crippen MR) is 105 cm³/mol. The van der Waals surface area contributed by atoms with Crippen molar-refractivity contribution in [2.24, 2.45) is 0 Å². The summed E-state index contributed by atoms with van der Waals surface area (Å²) >= 11 is 1.34. The fourth-order valence-electron chi connectivity index (χ4n) is 2.37. The zero-order chi connectivity index (χ0) is 18.1. The molecule has 0 atom stereocenters. The lowest BCUT2D eigenvalue weighted by Crippen LogP contribution is -2.37. The molecule has 4 nitrogen and oxygen atoms in total. The Hall–Kier alpha value is -2.27. The van der Waals surface area contributed by atoms with Crippen molar-refractivity contribution in [2.75, 3.05) is 16.8 Å². The van der Waals surface area contributed by atoms with E-state index in [4.69, 9.17) is 0 Å². The topological polar surface area (TPSA) is 49.4 Å². The van der Waals surface area contributed by atoms with Crippen molar-refractivity contribution in [3.05, 3.63) is 66.2 Å². The third kappa shape index (κ3) is 6.63. The van der Waals surface area contributed by atoms with Crippen LogP contribution in [0.4, 0.5) is 5.69 Å². The van der Waals surface area contributed by atoms with E-state index in [1.54, 1.807) is 0 Å². The van der Waals surface area contributed by atoms with Gasteiger partial charge in [-0.05, 0) is 31.5 Å². The highest BCUT2D eigenvalue weighted by Crippen LogP contribution is 2.12. The minimum atomic E-state index is -0.0943. The Bertz CT molecular complexity index is 675. The van der Waals surface area contributed by atoms with E-state index in [1.807, 2.05) is 79.4 Å². The van der Waals surface area contributed by atoms with Gasteiger partial charge in [0.05, 0.1) is 11.5 Å². The van der Waals surface area contributed by atoms with Crippen molar-refractivity contribution in [2.45, 2.75) is 26.4 Å². The molecule has 0 fully saturated rings. The summed E-state index contributed by atoms with van der Waals surface area (Å²) in [5.74, 6) is 0.519. The molecule has 0 aliphatic carbocycles. The van der Waals surface area contributed by atoms with Crippen LogP contribution in [0, 0.1) is 0 Å². The van der Waals surface area contributed by atoms with Gasteiger partial charge in [-0.25, -0.2) is 0 Å². The Labute approximate surface area is 153 Å². The van der Waals surface area contributed by atoms with Crippen LogP contribution in [0.25, 0.3) is 0 Å². The second kappa shape index (κ2) is 9.89. The van der Waals surface area contributed by atoms with Gasteiger partial charge in [-0.15, -0.1) is 11.8 Å². The Kier molecular flexibility index (Phi) is 7.54. The fourth-order valence-corrected chi connectivity index (χ4v) is 3.07. The minimum absolute atomic E-state index is 0.0522. The number of para-hydroxylation sites is 1. The summed E-state index contributed by atoms with van der Waals surface area (Å²) in [5, 5.41) is 2.82. The van der Waals surface area contributed by atoms with Gasteiger partial charge in [0.2, 0.25) is 11.8 Å². The maximum absolute atomic E-state index is 12.5. The molecule has 0 saturated carbocycles. The van der Waals surface area contributed by atoms with Crippen LogP contribution in [0.1, 0.15) is 19.4 Å². The summed E-state index contributed by atoms with van der Waals surface area (Å²) in [6, 6.07) is 19.4. The number of amides is 2. The third-order valence-electron chi connectivity index (χ3n) is 3.66. The molecule has 0 radical (unpaired) electrons. The molecule has 2 aromatic rings. The maximum atomic E-state index is 12.5. The zero-order valence-electron chi connectivity index (χ0n) is 14.6.